The van der Waals surface area contributed by atoms with Gasteiger partial charge < -0.3 is 14.0 Å². The van der Waals surface area contributed by atoms with E-state index in [0.29, 0.717) is 30.1 Å². The van der Waals surface area contributed by atoms with Crippen LogP contribution in [-0.4, -0.2) is 43.9 Å². The zero-order valence-corrected chi connectivity index (χ0v) is 16.2. The third-order valence-corrected chi connectivity index (χ3v) is 4.96. The molecule has 4 rings (SSSR count). The molecule has 0 aliphatic rings. The Hall–Kier alpha value is -3.33. The van der Waals surface area contributed by atoms with Gasteiger partial charge in [0.15, 0.2) is 11.2 Å². The summed E-state index contributed by atoms with van der Waals surface area (Å²) in [6.45, 7) is 1.03. The minimum Gasteiger partial charge on any atom is -0.497 e. The summed E-state index contributed by atoms with van der Waals surface area (Å²) in [6.07, 6.45) is 1.87. The zero-order chi connectivity index (χ0) is 20.0. The second-order valence-electron chi connectivity index (χ2n) is 6.55. The van der Waals surface area contributed by atoms with E-state index in [2.05, 4.69) is 4.98 Å². The van der Waals surface area contributed by atoms with Gasteiger partial charge in [-0.25, -0.2) is 4.79 Å². The first kappa shape index (κ1) is 18.1. The molecule has 9 heteroatoms. The van der Waals surface area contributed by atoms with Crippen LogP contribution in [0.2, 0.25) is 0 Å². The van der Waals surface area contributed by atoms with Crippen molar-refractivity contribution in [2.75, 3.05) is 20.8 Å². The van der Waals surface area contributed by atoms with Gasteiger partial charge in [-0.1, -0.05) is 0 Å². The quantitative estimate of drug-likeness (QED) is 0.514. The van der Waals surface area contributed by atoms with Gasteiger partial charge in [-0.05, 0) is 24.3 Å². The van der Waals surface area contributed by atoms with Crippen LogP contribution in [0, 0.1) is 0 Å². The maximum atomic E-state index is 12.8. The molecular weight excluding hydrogens is 362 g/mol. The molecule has 0 spiro atoms. The monoisotopic (exact) mass is 383 g/mol. The average molecular weight is 383 g/mol. The van der Waals surface area contributed by atoms with Crippen molar-refractivity contribution in [1.82, 2.24) is 23.1 Å². The van der Waals surface area contributed by atoms with Gasteiger partial charge >= 0.3 is 5.69 Å². The Morgan fingerprint density at radius 2 is 1.75 bits per heavy atom. The fourth-order valence-electron chi connectivity index (χ4n) is 3.41. The fraction of sp³-hybridized carbons (Fsp3) is 0.316. The Kier molecular flexibility index (Phi) is 4.31. The van der Waals surface area contributed by atoms with Crippen LogP contribution in [0.3, 0.4) is 0 Å². The van der Waals surface area contributed by atoms with Crippen molar-refractivity contribution in [3.8, 4) is 17.0 Å². The molecular formula is C19H21N5O4. The highest BCUT2D eigenvalue weighted by atomic mass is 16.5. The minimum absolute atomic E-state index is 0.357. The van der Waals surface area contributed by atoms with Gasteiger partial charge in [0.25, 0.3) is 5.56 Å². The zero-order valence-electron chi connectivity index (χ0n) is 16.2. The van der Waals surface area contributed by atoms with Crippen LogP contribution >= 0.6 is 0 Å². The lowest BCUT2D eigenvalue weighted by Gasteiger charge is -2.09. The van der Waals surface area contributed by atoms with Gasteiger partial charge in [-0.2, -0.15) is 4.98 Å². The van der Waals surface area contributed by atoms with Crippen LogP contribution in [0.1, 0.15) is 0 Å². The lowest BCUT2D eigenvalue weighted by Crippen LogP contribution is -2.37. The SMILES string of the molecule is COCCn1c(-c2ccc(OC)cc2)cn2c3c(=O)n(C)c(=O)n(C)c3nc12. The number of rotatable bonds is 5. The number of methoxy groups -OCH3 is 2. The van der Waals surface area contributed by atoms with Crippen molar-refractivity contribution >= 4 is 16.9 Å². The van der Waals surface area contributed by atoms with Crippen molar-refractivity contribution < 1.29 is 9.47 Å². The summed E-state index contributed by atoms with van der Waals surface area (Å²) in [6, 6.07) is 7.67. The highest BCUT2D eigenvalue weighted by Crippen LogP contribution is 2.27. The van der Waals surface area contributed by atoms with Gasteiger partial charge in [-0.3, -0.25) is 18.3 Å². The molecule has 0 atom stereocenters. The highest BCUT2D eigenvalue weighted by Gasteiger charge is 2.20. The second kappa shape index (κ2) is 6.68. The van der Waals surface area contributed by atoms with Crippen LogP contribution in [0.15, 0.2) is 40.1 Å². The number of aryl methyl sites for hydroxylation is 1. The molecule has 0 saturated carbocycles. The molecule has 0 unspecified atom stereocenters. The minimum atomic E-state index is -0.405. The van der Waals surface area contributed by atoms with Crippen LogP contribution in [0.4, 0.5) is 0 Å². The summed E-state index contributed by atoms with van der Waals surface area (Å²) in [7, 11) is 6.34. The molecule has 0 aliphatic carbocycles. The summed E-state index contributed by atoms with van der Waals surface area (Å²) >= 11 is 0. The molecule has 0 aliphatic heterocycles. The topological polar surface area (TPSA) is 84.7 Å². The summed E-state index contributed by atoms with van der Waals surface area (Å²) in [5.41, 5.74) is 1.78. The Morgan fingerprint density at radius 1 is 1.04 bits per heavy atom. The van der Waals surface area contributed by atoms with Gasteiger partial charge in [0.05, 0.1) is 19.4 Å². The number of nitrogens with zero attached hydrogens (tertiary/aromatic N) is 5. The first-order valence-corrected chi connectivity index (χ1v) is 8.78. The van der Waals surface area contributed by atoms with E-state index in [1.807, 2.05) is 35.0 Å². The molecule has 0 amide bonds. The Labute approximate surface area is 160 Å². The summed E-state index contributed by atoms with van der Waals surface area (Å²) in [4.78, 5) is 29.6. The lowest BCUT2D eigenvalue weighted by molar-refractivity contribution is 0.188. The summed E-state index contributed by atoms with van der Waals surface area (Å²) < 4.78 is 16.7. The van der Waals surface area contributed by atoms with Crippen molar-refractivity contribution in [1.29, 1.82) is 0 Å². The second-order valence-corrected chi connectivity index (χ2v) is 6.55. The Bertz CT molecular complexity index is 1290. The molecule has 146 valence electrons. The summed E-state index contributed by atoms with van der Waals surface area (Å²) in [5.74, 6) is 1.34. The number of hydrogen-bond acceptors (Lipinski definition) is 5. The predicted octanol–water partition coefficient (Wildman–Crippen LogP) is 1.01. The Morgan fingerprint density at radius 3 is 2.39 bits per heavy atom. The van der Waals surface area contributed by atoms with Gasteiger partial charge in [0, 0.05) is 39.5 Å². The number of ether oxygens (including phenoxy) is 2. The fourth-order valence-corrected chi connectivity index (χ4v) is 3.41. The molecule has 28 heavy (non-hydrogen) atoms. The normalized spacial score (nSPS) is 11.6. The first-order valence-electron chi connectivity index (χ1n) is 8.78. The van der Waals surface area contributed by atoms with Crippen LogP contribution in [-0.2, 0) is 25.4 Å². The molecule has 1 aromatic carbocycles. The molecule has 4 aromatic rings. The van der Waals surface area contributed by atoms with Crippen molar-refractivity contribution in [2.24, 2.45) is 14.1 Å². The van der Waals surface area contributed by atoms with E-state index in [4.69, 9.17) is 9.47 Å². The predicted molar refractivity (Wildman–Crippen MR) is 105 cm³/mol. The van der Waals surface area contributed by atoms with Gasteiger partial charge in [-0.15, -0.1) is 0 Å². The number of imidazole rings is 2. The molecule has 0 fully saturated rings. The molecule has 0 saturated heterocycles. The van der Waals surface area contributed by atoms with E-state index in [-0.39, 0.29) is 5.56 Å². The van der Waals surface area contributed by atoms with Gasteiger partial charge in [0.2, 0.25) is 5.78 Å². The highest BCUT2D eigenvalue weighted by molar-refractivity contribution is 5.78. The number of benzene rings is 1. The van der Waals surface area contributed by atoms with Gasteiger partial charge in [0.1, 0.15) is 5.75 Å². The average Bonchev–Trinajstić information content (AvgIpc) is 3.25. The van der Waals surface area contributed by atoms with E-state index >= 15 is 0 Å². The maximum Gasteiger partial charge on any atom is 0.332 e. The van der Waals surface area contributed by atoms with Crippen molar-refractivity contribution in [3.63, 3.8) is 0 Å². The molecule has 0 radical (unpaired) electrons. The van der Waals surface area contributed by atoms with E-state index in [0.717, 1.165) is 21.6 Å². The number of hydrogen-bond donors (Lipinski definition) is 0. The van der Waals surface area contributed by atoms with E-state index in [1.54, 1.807) is 25.7 Å². The van der Waals surface area contributed by atoms with E-state index < -0.39 is 5.69 Å². The van der Waals surface area contributed by atoms with Crippen LogP contribution < -0.4 is 16.0 Å². The Balaban J connectivity index is 2.05. The molecule has 0 bridgehead atoms. The van der Waals surface area contributed by atoms with Crippen molar-refractivity contribution in [2.45, 2.75) is 6.54 Å². The molecule has 3 aromatic heterocycles. The number of aromatic nitrogens is 5. The molecule has 9 nitrogen and oxygen atoms in total. The number of fused-ring (bicyclic) bond motifs is 3. The largest absolute Gasteiger partial charge is 0.497 e. The van der Waals surface area contributed by atoms with Crippen LogP contribution in [0.5, 0.6) is 5.75 Å². The first-order chi connectivity index (χ1) is 13.5. The third kappa shape index (κ3) is 2.55. The lowest BCUT2D eigenvalue weighted by atomic mass is 10.1. The molecule has 3 heterocycles. The van der Waals surface area contributed by atoms with E-state index in [1.165, 1.54) is 11.6 Å². The molecule has 0 N–H and O–H groups in total. The summed E-state index contributed by atoms with van der Waals surface area (Å²) in [5, 5.41) is 0. The smallest absolute Gasteiger partial charge is 0.332 e. The standard InChI is InChI=1S/C19H21N5O4/c1-21-16-15(17(25)22(2)19(21)26)24-11-14(12-5-7-13(28-4)8-6-12)23(9-10-27-3)18(24)20-16/h5-8,11H,9-10H2,1-4H3. The van der Waals surface area contributed by atoms with Crippen LogP contribution in [0.25, 0.3) is 28.2 Å². The van der Waals surface area contributed by atoms with E-state index in [9.17, 15) is 9.59 Å². The maximum absolute atomic E-state index is 12.8. The third-order valence-electron chi connectivity index (χ3n) is 4.96. The van der Waals surface area contributed by atoms with Crippen molar-refractivity contribution in [3.05, 3.63) is 51.3 Å².